The Balaban J connectivity index is 1.89. The smallest absolute Gasteiger partial charge is 0.353 e. The summed E-state index contributed by atoms with van der Waals surface area (Å²) in [5, 5.41) is 4.78. The average molecular weight is 530 g/mol. The summed E-state index contributed by atoms with van der Waals surface area (Å²) in [4.78, 5) is 24.1. The Hall–Kier alpha value is -2.91. The van der Waals surface area contributed by atoms with Crippen molar-refractivity contribution < 1.29 is 27.2 Å². The van der Waals surface area contributed by atoms with E-state index in [2.05, 4.69) is 21.2 Å². The van der Waals surface area contributed by atoms with Crippen LogP contribution < -0.4 is 10.6 Å². The summed E-state index contributed by atoms with van der Waals surface area (Å²) in [6.45, 7) is 1.61. The number of rotatable bonds is 5. The Labute approximate surface area is 193 Å². The second kappa shape index (κ2) is 9.30. The molecule has 2 N–H and O–H groups in total. The monoisotopic (exact) mass is 528 g/mol. The molecule has 0 bridgehead atoms. The molecule has 0 saturated heterocycles. The van der Waals surface area contributed by atoms with Crippen molar-refractivity contribution in [1.29, 1.82) is 0 Å². The van der Waals surface area contributed by atoms with Gasteiger partial charge in [-0.15, -0.1) is 0 Å². The fourth-order valence-electron chi connectivity index (χ4n) is 2.86. The number of amides is 1. The van der Waals surface area contributed by atoms with Gasteiger partial charge in [0.25, 0.3) is 0 Å². The first-order valence-corrected chi connectivity index (χ1v) is 10.2. The zero-order valence-electron chi connectivity index (χ0n) is 16.3. The lowest BCUT2D eigenvalue weighted by atomic mass is 9.99. The normalized spacial score (nSPS) is 11.2. The first-order chi connectivity index (χ1) is 15.0. The third kappa shape index (κ3) is 5.46. The fraction of sp³-hybridized carbons (Fsp3) is 0.0909. The van der Waals surface area contributed by atoms with Crippen LogP contribution in [0.3, 0.4) is 0 Å². The summed E-state index contributed by atoms with van der Waals surface area (Å²) in [6, 6.07) is 12.4. The van der Waals surface area contributed by atoms with Crippen molar-refractivity contribution in [3.63, 3.8) is 0 Å². The molecule has 0 aliphatic rings. The Morgan fingerprint density at radius 3 is 2.25 bits per heavy atom. The molecule has 32 heavy (non-hydrogen) atoms. The van der Waals surface area contributed by atoms with Crippen LogP contribution in [0.15, 0.2) is 59.1 Å². The van der Waals surface area contributed by atoms with Gasteiger partial charge in [-0.05, 0) is 67.1 Å². The zero-order chi connectivity index (χ0) is 23.6. The molecule has 0 aromatic heterocycles. The van der Waals surface area contributed by atoms with Gasteiger partial charge in [0, 0.05) is 15.6 Å². The number of nitrogens with one attached hydrogen (secondary N) is 2. The third-order valence-corrected chi connectivity index (χ3v) is 5.23. The predicted molar refractivity (Wildman–Crippen MR) is 118 cm³/mol. The van der Waals surface area contributed by atoms with E-state index in [1.54, 1.807) is 12.2 Å². The molecule has 166 valence electrons. The van der Waals surface area contributed by atoms with E-state index in [1.807, 2.05) is 0 Å². The minimum Gasteiger partial charge on any atom is -0.353 e. The van der Waals surface area contributed by atoms with Crippen LogP contribution >= 0.6 is 27.5 Å². The highest BCUT2D eigenvalue weighted by Crippen LogP contribution is 2.34. The summed E-state index contributed by atoms with van der Waals surface area (Å²) >= 11 is 9.52. The number of aryl methyl sites for hydroxylation is 1. The van der Waals surface area contributed by atoms with Crippen molar-refractivity contribution >= 4 is 56.3 Å². The van der Waals surface area contributed by atoms with E-state index in [0.29, 0.717) is 21.3 Å². The highest BCUT2D eigenvalue weighted by atomic mass is 79.9. The molecule has 0 aliphatic carbocycles. The summed E-state index contributed by atoms with van der Waals surface area (Å²) in [6.07, 6.45) is -5.05. The fourth-order valence-corrected chi connectivity index (χ4v) is 3.45. The van der Waals surface area contributed by atoms with E-state index in [4.69, 9.17) is 11.6 Å². The van der Waals surface area contributed by atoms with Crippen molar-refractivity contribution in [2.24, 2.45) is 0 Å². The Kier molecular flexibility index (Phi) is 6.90. The number of ketones is 1. The van der Waals surface area contributed by atoms with Crippen molar-refractivity contribution in [1.82, 2.24) is 0 Å². The SMILES string of the molecule is Cc1cc(F)ccc1C(=O)c1ccc(Nc2cc(Br)ccc2NC(=O)C(F)(F)F)c(Cl)c1. The maximum atomic E-state index is 13.3. The lowest BCUT2D eigenvalue weighted by molar-refractivity contribution is -0.167. The average Bonchev–Trinajstić information content (AvgIpc) is 2.70. The Morgan fingerprint density at radius 1 is 0.938 bits per heavy atom. The number of hydrogen-bond acceptors (Lipinski definition) is 3. The lowest BCUT2D eigenvalue weighted by Crippen LogP contribution is -2.30. The zero-order valence-corrected chi connectivity index (χ0v) is 18.6. The van der Waals surface area contributed by atoms with Crippen LogP contribution in [0.5, 0.6) is 0 Å². The van der Waals surface area contributed by atoms with Crippen LogP contribution in [0.25, 0.3) is 0 Å². The van der Waals surface area contributed by atoms with Crippen LogP contribution in [-0.2, 0) is 4.79 Å². The van der Waals surface area contributed by atoms with Gasteiger partial charge in [0.2, 0.25) is 0 Å². The summed E-state index contributed by atoms with van der Waals surface area (Å²) in [5.74, 6) is -2.94. The van der Waals surface area contributed by atoms with E-state index >= 15 is 0 Å². The molecule has 0 heterocycles. The first-order valence-electron chi connectivity index (χ1n) is 9.01. The van der Waals surface area contributed by atoms with Gasteiger partial charge in [0.05, 0.1) is 22.1 Å². The minimum atomic E-state index is -5.05. The topological polar surface area (TPSA) is 58.2 Å². The van der Waals surface area contributed by atoms with Crippen LogP contribution in [0, 0.1) is 12.7 Å². The molecule has 0 atom stereocenters. The van der Waals surface area contributed by atoms with Gasteiger partial charge in [-0.25, -0.2) is 4.39 Å². The van der Waals surface area contributed by atoms with Crippen molar-refractivity contribution in [3.05, 3.63) is 86.6 Å². The number of benzene rings is 3. The summed E-state index contributed by atoms with van der Waals surface area (Å²) < 4.78 is 51.7. The lowest BCUT2D eigenvalue weighted by Gasteiger charge is -2.16. The second-order valence-electron chi connectivity index (χ2n) is 6.75. The van der Waals surface area contributed by atoms with Gasteiger partial charge in [0.1, 0.15) is 5.82 Å². The van der Waals surface area contributed by atoms with Crippen molar-refractivity contribution in [3.8, 4) is 0 Å². The van der Waals surface area contributed by atoms with E-state index in [0.717, 1.165) is 0 Å². The second-order valence-corrected chi connectivity index (χ2v) is 8.07. The molecular weight excluding hydrogens is 516 g/mol. The Bertz CT molecular complexity index is 1220. The molecule has 0 spiro atoms. The van der Waals surface area contributed by atoms with Gasteiger partial charge >= 0.3 is 12.1 Å². The molecule has 0 unspecified atom stereocenters. The van der Waals surface area contributed by atoms with Gasteiger partial charge in [-0.1, -0.05) is 27.5 Å². The highest BCUT2D eigenvalue weighted by Gasteiger charge is 2.39. The van der Waals surface area contributed by atoms with E-state index in [9.17, 15) is 27.2 Å². The molecule has 4 nitrogen and oxygen atoms in total. The molecule has 0 saturated carbocycles. The van der Waals surface area contributed by atoms with Crippen molar-refractivity contribution in [2.45, 2.75) is 13.1 Å². The van der Waals surface area contributed by atoms with Gasteiger partial charge in [-0.3, -0.25) is 9.59 Å². The quantitative estimate of drug-likeness (QED) is 0.276. The van der Waals surface area contributed by atoms with Crippen LogP contribution in [0.2, 0.25) is 5.02 Å². The molecular formula is C22H14BrClF4N2O2. The number of anilines is 3. The highest BCUT2D eigenvalue weighted by molar-refractivity contribution is 9.10. The van der Waals surface area contributed by atoms with Crippen LogP contribution in [-0.4, -0.2) is 17.9 Å². The van der Waals surface area contributed by atoms with Gasteiger partial charge in [0.15, 0.2) is 5.78 Å². The number of hydrogen-bond donors (Lipinski definition) is 2. The van der Waals surface area contributed by atoms with E-state index < -0.39 is 17.9 Å². The largest absolute Gasteiger partial charge is 0.471 e. The number of alkyl halides is 3. The molecule has 0 radical (unpaired) electrons. The molecule has 3 aromatic rings. The molecule has 1 amide bonds. The van der Waals surface area contributed by atoms with Crippen molar-refractivity contribution in [2.75, 3.05) is 10.6 Å². The van der Waals surface area contributed by atoms with Gasteiger partial charge in [-0.2, -0.15) is 13.2 Å². The van der Waals surface area contributed by atoms with E-state index in [1.165, 1.54) is 54.6 Å². The Morgan fingerprint density at radius 2 is 1.62 bits per heavy atom. The number of halogens is 6. The standard InChI is InChI=1S/C22H14BrClF4N2O2/c1-11-8-14(25)4-5-15(11)20(31)12-2-6-17(16(24)9-12)29-19-10-13(23)3-7-18(19)30-21(32)22(26,27)28/h2-10,29H,1H3,(H,30,32). The molecule has 10 heteroatoms. The summed E-state index contributed by atoms with van der Waals surface area (Å²) in [7, 11) is 0. The van der Waals surface area contributed by atoms with Crippen LogP contribution in [0.1, 0.15) is 21.5 Å². The molecule has 0 fully saturated rings. The molecule has 3 aromatic carbocycles. The minimum absolute atomic E-state index is 0.115. The van der Waals surface area contributed by atoms with Crippen LogP contribution in [0.4, 0.5) is 34.6 Å². The number of carbonyl (C=O) groups excluding carboxylic acids is 2. The first kappa shape index (κ1) is 23.7. The van der Waals surface area contributed by atoms with E-state index in [-0.39, 0.29) is 27.7 Å². The third-order valence-electron chi connectivity index (χ3n) is 4.42. The maximum absolute atomic E-state index is 13.3. The number of carbonyl (C=O) groups is 2. The molecule has 0 aliphatic heterocycles. The predicted octanol–water partition coefficient (Wildman–Crippen LogP) is 7.03. The maximum Gasteiger partial charge on any atom is 0.471 e. The summed E-state index contributed by atoms with van der Waals surface area (Å²) in [5.41, 5.74) is 1.34. The van der Waals surface area contributed by atoms with Gasteiger partial charge < -0.3 is 10.6 Å². The molecule has 3 rings (SSSR count).